The van der Waals surface area contributed by atoms with Crippen LogP contribution in [0.4, 0.5) is 0 Å². The van der Waals surface area contributed by atoms with Crippen molar-refractivity contribution >= 4 is 17.7 Å². The molecule has 0 fully saturated rings. The molecule has 1 N–H and O–H groups in total. The number of carbonyl (C=O) groups excluding carboxylic acids is 1. The molecule has 0 saturated carbocycles. The highest BCUT2D eigenvalue weighted by atomic mass is 32.2. The zero-order chi connectivity index (χ0) is 21.1. The van der Waals surface area contributed by atoms with E-state index in [0.29, 0.717) is 29.6 Å². The second-order valence-corrected chi connectivity index (χ2v) is 8.36. The summed E-state index contributed by atoms with van der Waals surface area (Å²) in [5.74, 6) is 1.30. The van der Waals surface area contributed by atoms with E-state index in [1.54, 1.807) is 12.3 Å². The van der Waals surface area contributed by atoms with E-state index in [9.17, 15) is 4.79 Å². The molecule has 1 amide bonds. The van der Waals surface area contributed by atoms with Crippen LogP contribution in [0.1, 0.15) is 40.0 Å². The molecule has 30 heavy (non-hydrogen) atoms. The molecule has 1 aliphatic heterocycles. The van der Waals surface area contributed by atoms with Crippen molar-refractivity contribution in [3.05, 3.63) is 77.0 Å². The number of aryl methyl sites for hydroxylation is 2. The van der Waals surface area contributed by atoms with E-state index in [2.05, 4.69) is 42.3 Å². The van der Waals surface area contributed by atoms with E-state index in [1.807, 2.05) is 31.2 Å². The first-order chi connectivity index (χ1) is 14.5. The molecule has 5 nitrogen and oxygen atoms in total. The van der Waals surface area contributed by atoms with Crippen LogP contribution in [0.3, 0.4) is 0 Å². The lowest BCUT2D eigenvalue weighted by atomic mass is 10.1. The van der Waals surface area contributed by atoms with Crippen LogP contribution in [-0.4, -0.2) is 24.1 Å². The van der Waals surface area contributed by atoms with Crippen molar-refractivity contribution < 1.29 is 14.3 Å². The Morgan fingerprint density at radius 3 is 2.63 bits per heavy atom. The minimum Gasteiger partial charge on any atom is -0.486 e. The number of nitrogens with zero attached hydrogens (tertiary/aromatic N) is 1. The van der Waals surface area contributed by atoms with Gasteiger partial charge in [0.25, 0.3) is 5.91 Å². The summed E-state index contributed by atoms with van der Waals surface area (Å²) >= 11 is 1.50. The van der Waals surface area contributed by atoms with Gasteiger partial charge in [-0.1, -0.05) is 23.9 Å². The maximum atomic E-state index is 13.0. The molecule has 0 saturated heterocycles. The minimum atomic E-state index is -0.187. The Morgan fingerprint density at radius 2 is 1.83 bits per heavy atom. The van der Waals surface area contributed by atoms with Crippen molar-refractivity contribution in [2.45, 2.75) is 36.7 Å². The highest BCUT2D eigenvalue weighted by Crippen LogP contribution is 2.33. The van der Waals surface area contributed by atoms with E-state index in [-0.39, 0.29) is 11.9 Å². The first-order valence-corrected chi connectivity index (χ1v) is 10.7. The lowest BCUT2D eigenvalue weighted by Crippen LogP contribution is -2.27. The Labute approximate surface area is 180 Å². The first-order valence-electron chi connectivity index (χ1n) is 9.92. The summed E-state index contributed by atoms with van der Waals surface area (Å²) in [4.78, 5) is 18.5. The van der Waals surface area contributed by atoms with Crippen LogP contribution in [0.5, 0.6) is 11.5 Å². The monoisotopic (exact) mass is 420 g/mol. The maximum absolute atomic E-state index is 13.0. The van der Waals surface area contributed by atoms with Gasteiger partial charge in [0, 0.05) is 11.1 Å². The van der Waals surface area contributed by atoms with Gasteiger partial charge in [-0.15, -0.1) is 0 Å². The largest absolute Gasteiger partial charge is 0.486 e. The summed E-state index contributed by atoms with van der Waals surface area (Å²) < 4.78 is 11.2. The number of nitrogens with one attached hydrogen (secondary N) is 1. The summed E-state index contributed by atoms with van der Waals surface area (Å²) in [5.41, 5.74) is 3.98. The standard InChI is InChI=1S/C24H24N2O3S/c1-15-6-8-19(13-16(15)2)30-24-20(5-4-10-25-24)23(27)26-17(3)18-7-9-21-22(14-18)29-12-11-28-21/h4-10,13-14,17H,11-12H2,1-3H3,(H,26,27). The fourth-order valence-corrected chi connectivity index (χ4v) is 4.20. The summed E-state index contributed by atoms with van der Waals surface area (Å²) in [7, 11) is 0. The van der Waals surface area contributed by atoms with Gasteiger partial charge in [0.15, 0.2) is 11.5 Å². The number of ether oxygens (including phenoxy) is 2. The van der Waals surface area contributed by atoms with Gasteiger partial charge in [-0.3, -0.25) is 4.79 Å². The minimum absolute atomic E-state index is 0.156. The van der Waals surface area contributed by atoms with Crippen molar-refractivity contribution in [1.29, 1.82) is 0 Å². The van der Waals surface area contributed by atoms with Crippen LogP contribution in [0, 0.1) is 13.8 Å². The van der Waals surface area contributed by atoms with Gasteiger partial charge in [-0.25, -0.2) is 4.98 Å². The number of aromatic nitrogens is 1. The number of amides is 1. The Balaban J connectivity index is 1.51. The fraction of sp³-hybridized carbons (Fsp3) is 0.250. The summed E-state index contributed by atoms with van der Waals surface area (Å²) in [6.45, 7) is 7.21. The molecular weight excluding hydrogens is 396 g/mol. The summed E-state index contributed by atoms with van der Waals surface area (Å²) in [6.07, 6.45) is 1.71. The summed E-state index contributed by atoms with van der Waals surface area (Å²) in [6, 6.07) is 15.4. The molecule has 2 heterocycles. The van der Waals surface area contributed by atoms with Gasteiger partial charge < -0.3 is 14.8 Å². The molecule has 6 heteroatoms. The van der Waals surface area contributed by atoms with Crippen LogP contribution >= 0.6 is 11.8 Å². The van der Waals surface area contributed by atoms with E-state index >= 15 is 0 Å². The molecule has 1 unspecified atom stereocenters. The Kier molecular flexibility index (Phi) is 5.95. The zero-order valence-corrected chi connectivity index (χ0v) is 18.1. The molecule has 0 radical (unpaired) electrons. The molecule has 1 aliphatic rings. The summed E-state index contributed by atoms with van der Waals surface area (Å²) in [5, 5.41) is 3.76. The predicted molar refractivity (Wildman–Crippen MR) is 118 cm³/mol. The number of pyridine rings is 1. The average Bonchev–Trinajstić information content (AvgIpc) is 2.76. The van der Waals surface area contributed by atoms with Gasteiger partial charge in [-0.2, -0.15) is 0 Å². The molecule has 154 valence electrons. The smallest absolute Gasteiger partial charge is 0.254 e. The molecule has 0 spiro atoms. The van der Waals surface area contributed by atoms with Crippen molar-refractivity contribution in [2.75, 3.05) is 13.2 Å². The molecule has 1 aromatic heterocycles. The van der Waals surface area contributed by atoms with Gasteiger partial charge >= 0.3 is 0 Å². The van der Waals surface area contributed by atoms with Crippen LogP contribution in [0.25, 0.3) is 0 Å². The number of rotatable bonds is 5. The molecule has 0 aliphatic carbocycles. The third kappa shape index (κ3) is 4.44. The highest BCUT2D eigenvalue weighted by molar-refractivity contribution is 7.99. The number of hydrogen-bond donors (Lipinski definition) is 1. The normalized spacial score (nSPS) is 13.6. The molecule has 1 atom stereocenters. The lowest BCUT2D eigenvalue weighted by Gasteiger charge is -2.21. The third-order valence-electron chi connectivity index (χ3n) is 5.12. The molecular formula is C24H24N2O3S. The van der Waals surface area contributed by atoms with Crippen molar-refractivity contribution in [3.8, 4) is 11.5 Å². The van der Waals surface area contributed by atoms with Crippen molar-refractivity contribution in [3.63, 3.8) is 0 Å². The van der Waals surface area contributed by atoms with Gasteiger partial charge in [0.1, 0.15) is 18.2 Å². The number of benzene rings is 2. The lowest BCUT2D eigenvalue weighted by molar-refractivity contribution is 0.0936. The third-order valence-corrected chi connectivity index (χ3v) is 6.13. The predicted octanol–water partition coefficient (Wildman–Crippen LogP) is 5.11. The van der Waals surface area contributed by atoms with Crippen LogP contribution < -0.4 is 14.8 Å². The van der Waals surface area contributed by atoms with Crippen molar-refractivity contribution in [2.24, 2.45) is 0 Å². The van der Waals surface area contributed by atoms with Gasteiger partial charge in [0.05, 0.1) is 11.6 Å². The van der Waals surface area contributed by atoms with E-state index < -0.39 is 0 Å². The molecule has 3 aromatic rings. The SMILES string of the molecule is Cc1ccc(Sc2ncccc2C(=O)NC(C)c2ccc3c(c2)OCCO3)cc1C. The second kappa shape index (κ2) is 8.79. The topological polar surface area (TPSA) is 60.5 Å². The average molecular weight is 421 g/mol. The Bertz CT molecular complexity index is 1080. The van der Waals surface area contributed by atoms with Crippen LogP contribution in [0.2, 0.25) is 0 Å². The van der Waals surface area contributed by atoms with Crippen LogP contribution in [0.15, 0.2) is 64.6 Å². The number of fused-ring (bicyclic) bond motifs is 1. The van der Waals surface area contributed by atoms with E-state index in [4.69, 9.17) is 9.47 Å². The molecule has 0 bridgehead atoms. The zero-order valence-electron chi connectivity index (χ0n) is 17.3. The van der Waals surface area contributed by atoms with Crippen molar-refractivity contribution in [1.82, 2.24) is 10.3 Å². The van der Waals surface area contributed by atoms with E-state index in [0.717, 1.165) is 16.2 Å². The maximum Gasteiger partial charge on any atom is 0.254 e. The van der Waals surface area contributed by atoms with Gasteiger partial charge in [0.2, 0.25) is 0 Å². The fourth-order valence-electron chi connectivity index (χ4n) is 3.22. The van der Waals surface area contributed by atoms with E-state index in [1.165, 1.54) is 22.9 Å². The quantitative estimate of drug-likeness (QED) is 0.621. The first kappa shape index (κ1) is 20.3. The Morgan fingerprint density at radius 1 is 1.03 bits per heavy atom. The second-order valence-electron chi connectivity index (χ2n) is 7.30. The molecule has 4 rings (SSSR count). The Hall–Kier alpha value is -2.99. The highest BCUT2D eigenvalue weighted by Gasteiger charge is 2.19. The van der Waals surface area contributed by atoms with Crippen LogP contribution in [-0.2, 0) is 0 Å². The van der Waals surface area contributed by atoms with Gasteiger partial charge in [-0.05, 0) is 73.9 Å². The number of carbonyl (C=O) groups is 1. The number of hydrogen-bond acceptors (Lipinski definition) is 5. The molecule has 2 aromatic carbocycles.